The highest BCUT2D eigenvalue weighted by Crippen LogP contribution is 2.34. The third-order valence-electron chi connectivity index (χ3n) is 3.03. The van der Waals surface area contributed by atoms with Crippen molar-refractivity contribution in [2.45, 2.75) is 19.3 Å². The van der Waals surface area contributed by atoms with Crippen molar-refractivity contribution in [3.8, 4) is 5.75 Å². The number of ether oxygens (including phenoxy) is 2. The summed E-state index contributed by atoms with van der Waals surface area (Å²) < 4.78 is 11.9. The number of fused-ring (bicyclic) bond motifs is 1. The van der Waals surface area contributed by atoms with Crippen LogP contribution in [0.2, 0.25) is 5.15 Å². The summed E-state index contributed by atoms with van der Waals surface area (Å²) in [7, 11) is 1.56. The second-order valence-corrected chi connectivity index (χ2v) is 4.89. The van der Waals surface area contributed by atoms with Gasteiger partial charge < -0.3 is 9.47 Å². The molecule has 0 bridgehead atoms. The first-order valence-corrected chi connectivity index (χ1v) is 6.30. The summed E-state index contributed by atoms with van der Waals surface area (Å²) in [6.07, 6.45) is 7.24. The van der Waals surface area contributed by atoms with Crippen LogP contribution in [0.1, 0.15) is 18.4 Å². The van der Waals surface area contributed by atoms with E-state index >= 15 is 0 Å². The zero-order chi connectivity index (χ0) is 12.5. The highest BCUT2D eigenvalue weighted by atomic mass is 35.5. The Morgan fingerprint density at radius 3 is 3.06 bits per heavy atom. The van der Waals surface area contributed by atoms with E-state index in [4.69, 9.17) is 21.1 Å². The fourth-order valence-corrected chi connectivity index (χ4v) is 2.10. The maximum absolute atomic E-state index is 6.09. The van der Waals surface area contributed by atoms with Crippen LogP contribution in [0, 0.1) is 5.92 Å². The molecule has 6 heteroatoms. The van der Waals surface area contributed by atoms with E-state index in [1.54, 1.807) is 17.8 Å². The predicted molar refractivity (Wildman–Crippen MR) is 66.9 cm³/mol. The van der Waals surface area contributed by atoms with Crippen LogP contribution in [0.5, 0.6) is 5.75 Å². The number of halogens is 1. The molecule has 96 valence electrons. The second-order valence-electron chi connectivity index (χ2n) is 4.53. The molecule has 0 saturated heterocycles. The van der Waals surface area contributed by atoms with Crippen molar-refractivity contribution in [3.05, 3.63) is 23.1 Å². The second kappa shape index (κ2) is 4.74. The van der Waals surface area contributed by atoms with Gasteiger partial charge in [-0.1, -0.05) is 11.6 Å². The van der Waals surface area contributed by atoms with E-state index in [2.05, 4.69) is 10.1 Å². The lowest BCUT2D eigenvalue weighted by molar-refractivity contribution is 0.0505. The lowest BCUT2D eigenvalue weighted by Gasteiger charge is -2.06. The van der Waals surface area contributed by atoms with E-state index in [0.717, 1.165) is 23.5 Å². The third-order valence-corrected chi connectivity index (χ3v) is 3.30. The third kappa shape index (κ3) is 2.28. The van der Waals surface area contributed by atoms with Crippen LogP contribution in [-0.2, 0) is 11.2 Å². The fraction of sp³-hybridized carbons (Fsp3) is 0.500. The Bertz CT molecular complexity index is 566. The molecule has 1 aliphatic carbocycles. The highest BCUT2D eigenvalue weighted by Gasteiger charge is 2.23. The van der Waals surface area contributed by atoms with Gasteiger partial charge in [0.25, 0.3) is 0 Å². The first-order chi connectivity index (χ1) is 8.78. The topological polar surface area (TPSA) is 48.7 Å². The van der Waals surface area contributed by atoms with Gasteiger partial charge in [-0.25, -0.2) is 9.50 Å². The van der Waals surface area contributed by atoms with Crippen molar-refractivity contribution in [3.63, 3.8) is 0 Å². The highest BCUT2D eigenvalue weighted by molar-refractivity contribution is 6.30. The molecule has 0 radical (unpaired) electrons. The van der Waals surface area contributed by atoms with Crippen molar-refractivity contribution in [1.29, 1.82) is 0 Å². The molecule has 1 saturated carbocycles. The summed E-state index contributed by atoms with van der Waals surface area (Å²) >= 11 is 6.09. The SMILES string of the molecule is COCOc1cn2ncc(CC3CC3)c2nc1Cl. The van der Waals surface area contributed by atoms with E-state index in [0.29, 0.717) is 10.9 Å². The number of aromatic nitrogens is 3. The number of methoxy groups -OCH3 is 1. The van der Waals surface area contributed by atoms with Gasteiger partial charge in [-0.05, 0) is 25.2 Å². The molecule has 0 unspecified atom stereocenters. The number of nitrogens with zero attached hydrogens (tertiary/aromatic N) is 3. The zero-order valence-corrected chi connectivity index (χ0v) is 10.9. The van der Waals surface area contributed by atoms with Crippen LogP contribution in [0.3, 0.4) is 0 Å². The van der Waals surface area contributed by atoms with Crippen LogP contribution in [0.25, 0.3) is 5.65 Å². The maximum Gasteiger partial charge on any atom is 0.188 e. The van der Waals surface area contributed by atoms with Crippen molar-refractivity contribution < 1.29 is 9.47 Å². The Balaban J connectivity index is 1.92. The summed E-state index contributed by atoms with van der Waals surface area (Å²) in [4.78, 5) is 4.35. The van der Waals surface area contributed by atoms with Gasteiger partial charge in [0.15, 0.2) is 23.3 Å². The van der Waals surface area contributed by atoms with E-state index in [1.807, 2.05) is 6.20 Å². The van der Waals surface area contributed by atoms with Gasteiger partial charge in [-0.15, -0.1) is 0 Å². The molecule has 5 nitrogen and oxygen atoms in total. The molecule has 1 fully saturated rings. The predicted octanol–water partition coefficient (Wildman–Crippen LogP) is 2.32. The lowest BCUT2D eigenvalue weighted by atomic mass is 10.2. The average molecular weight is 268 g/mol. The van der Waals surface area contributed by atoms with Gasteiger partial charge in [0.1, 0.15) is 0 Å². The van der Waals surface area contributed by atoms with Gasteiger partial charge in [0, 0.05) is 12.7 Å². The van der Waals surface area contributed by atoms with Gasteiger partial charge in [-0.3, -0.25) is 0 Å². The molecule has 2 heterocycles. The fourth-order valence-electron chi connectivity index (χ4n) is 1.92. The summed E-state index contributed by atoms with van der Waals surface area (Å²) in [5.74, 6) is 1.27. The minimum Gasteiger partial charge on any atom is -0.463 e. The molecule has 2 aromatic rings. The first-order valence-electron chi connectivity index (χ1n) is 5.92. The van der Waals surface area contributed by atoms with Gasteiger partial charge in [0.2, 0.25) is 0 Å². The monoisotopic (exact) mass is 267 g/mol. The molecular weight excluding hydrogens is 254 g/mol. The first kappa shape index (κ1) is 11.7. The molecule has 0 aliphatic heterocycles. The van der Waals surface area contributed by atoms with Crippen molar-refractivity contribution >= 4 is 17.2 Å². The number of hydrogen-bond donors (Lipinski definition) is 0. The molecule has 0 atom stereocenters. The molecule has 3 rings (SSSR count). The van der Waals surface area contributed by atoms with Gasteiger partial charge in [0.05, 0.1) is 12.4 Å². The smallest absolute Gasteiger partial charge is 0.188 e. The Labute approximate surface area is 110 Å². The summed E-state index contributed by atoms with van der Waals surface area (Å²) in [6, 6.07) is 0. The van der Waals surface area contributed by atoms with Crippen LogP contribution >= 0.6 is 11.6 Å². The standard InChI is InChI=1S/C12H14ClN3O2/c1-17-7-18-10-6-16-12(15-11(10)13)9(5-14-16)4-8-2-3-8/h5-6,8H,2-4,7H2,1H3. The minimum atomic E-state index is 0.142. The minimum absolute atomic E-state index is 0.142. The van der Waals surface area contributed by atoms with Crippen molar-refractivity contribution in [1.82, 2.24) is 14.6 Å². The average Bonchev–Trinajstić information content (AvgIpc) is 3.10. The van der Waals surface area contributed by atoms with E-state index < -0.39 is 0 Å². The van der Waals surface area contributed by atoms with Gasteiger partial charge >= 0.3 is 0 Å². The molecule has 1 aliphatic rings. The van der Waals surface area contributed by atoms with E-state index in [1.165, 1.54) is 12.8 Å². The largest absolute Gasteiger partial charge is 0.463 e. The Morgan fingerprint density at radius 1 is 1.50 bits per heavy atom. The molecule has 2 aromatic heterocycles. The molecular formula is C12H14ClN3O2. The number of hydrogen-bond acceptors (Lipinski definition) is 4. The summed E-state index contributed by atoms with van der Waals surface area (Å²) in [5.41, 5.74) is 1.97. The molecule has 0 aromatic carbocycles. The van der Waals surface area contributed by atoms with Crippen LogP contribution in [-0.4, -0.2) is 28.5 Å². The molecule has 0 spiro atoms. The summed E-state index contributed by atoms with van der Waals surface area (Å²) in [5, 5.41) is 4.63. The number of rotatable bonds is 5. The van der Waals surface area contributed by atoms with E-state index in [9.17, 15) is 0 Å². The van der Waals surface area contributed by atoms with Crippen molar-refractivity contribution in [2.24, 2.45) is 5.92 Å². The van der Waals surface area contributed by atoms with Gasteiger partial charge in [-0.2, -0.15) is 5.10 Å². The van der Waals surface area contributed by atoms with Crippen LogP contribution < -0.4 is 4.74 Å². The molecule has 18 heavy (non-hydrogen) atoms. The molecule has 0 N–H and O–H groups in total. The van der Waals surface area contributed by atoms with Crippen LogP contribution in [0.4, 0.5) is 0 Å². The quantitative estimate of drug-likeness (QED) is 0.616. The molecule has 0 amide bonds. The Kier molecular flexibility index (Phi) is 3.09. The van der Waals surface area contributed by atoms with E-state index in [-0.39, 0.29) is 6.79 Å². The van der Waals surface area contributed by atoms with Crippen molar-refractivity contribution in [2.75, 3.05) is 13.9 Å². The maximum atomic E-state index is 6.09. The van der Waals surface area contributed by atoms with Crippen LogP contribution in [0.15, 0.2) is 12.4 Å². The Morgan fingerprint density at radius 2 is 2.33 bits per heavy atom. The summed E-state index contributed by atoms with van der Waals surface area (Å²) in [6.45, 7) is 0.142. The zero-order valence-electron chi connectivity index (χ0n) is 10.1. The normalized spacial score (nSPS) is 15.2. The lowest BCUT2D eigenvalue weighted by Crippen LogP contribution is -2.02. The Hall–Kier alpha value is -1.33.